The van der Waals surface area contributed by atoms with Gasteiger partial charge in [-0.25, -0.2) is 8.42 Å². The van der Waals surface area contributed by atoms with E-state index in [4.69, 9.17) is 4.74 Å². The number of carbonyl (C=O) groups is 2. The molecule has 0 aliphatic carbocycles. The molecule has 3 rings (SSSR count). The molecule has 31 heavy (non-hydrogen) atoms. The highest BCUT2D eigenvalue weighted by Crippen LogP contribution is 2.22. The van der Waals surface area contributed by atoms with Gasteiger partial charge in [0.1, 0.15) is 5.75 Å². The van der Waals surface area contributed by atoms with Crippen LogP contribution < -0.4 is 15.6 Å². The second kappa shape index (κ2) is 10.7. The van der Waals surface area contributed by atoms with Gasteiger partial charge < -0.3 is 4.74 Å². The molecular formula is C21H25N3O5S2. The van der Waals surface area contributed by atoms with Crippen molar-refractivity contribution < 1.29 is 22.7 Å². The molecule has 1 heterocycles. The third-order valence-electron chi connectivity index (χ3n) is 4.62. The SMILES string of the molecule is CCOc1ccc(SCC(=O)NNC(=O)c2cccc(S(=O)(=O)N3CCCC3)c2)cc1. The lowest BCUT2D eigenvalue weighted by Crippen LogP contribution is -2.42. The van der Waals surface area contributed by atoms with Gasteiger partial charge >= 0.3 is 0 Å². The van der Waals surface area contributed by atoms with Crippen LogP contribution in [0.1, 0.15) is 30.1 Å². The van der Waals surface area contributed by atoms with Crippen LogP contribution in [-0.2, 0) is 14.8 Å². The fourth-order valence-electron chi connectivity index (χ4n) is 3.06. The van der Waals surface area contributed by atoms with Gasteiger partial charge in [-0.05, 0) is 62.2 Å². The van der Waals surface area contributed by atoms with Gasteiger partial charge in [0.05, 0.1) is 17.3 Å². The summed E-state index contributed by atoms with van der Waals surface area (Å²) in [6.07, 6.45) is 1.67. The Morgan fingerprint density at radius 3 is 2.45 bits per heavy atom. The standard InChI is InChI=1S/C21H25N3O5S2/c1-2-29-17-8-10-18(11-9-17)30-15-20(25)22-23-21(26)16-6-5-7-19(14-16)31(27,28)24-12-3-4-13-24/h5-11,14H,2-4,12-13,15H2,1H3,(H,22,25)(H,23,26). The van der Waals surface area contributed by atoms with Crippen LogP contribution in [-0.4, -0.2) is 50.0 Å². The minimum absolute atomic E-state index is 0.0689. The molecule has 2 amide bonds. The minimum Gasteiger partial charge on any atom is -0.494 e. The molecule has 0 saturated carbocycles. The first-order valence-corrected chi connectivity index (χ1v) is 12.4. The summed E-state index contributed by atoms with van der Waals surface area (Å²) in [6, 6.07) is 13.2. The highest BCUT2D eigenvalue weighted by atomic mass is 32.2. The number of hydrogen-bond acceptors (Lipinski definition) is 6. The average molecular weight is 464 g/mol. The quantitative estimate of drug-likeness (QED) is 0.460. The molecule has 1 saturated heterocycles. The van der Waals surface area contributed by atoms with Crippen molar-refractivity contribution in [3.05, 3.63) is 54.1 Å². The molecule has 1 aliphatic rings. The van der Waals surface area contributed by atoms with Crippen molar-refractivity contribution in [3.8, 4) is 5.75 Å². The van der Waals surface area contributed by atoms with E-state index in [1.165, 1.54) is 40.3 Å². The fraction of sp³-hybridized carbons (Fsp3) is 0.333. The van der Waals surface area contributed by atoms with Crippen LogP contribution in [0.2, 0.25) is 0 Å². The number of hydrazine groups is 1. The van der Waals surface area contributed by atoms with Crippen LogP contribution in [0.15, 0.2) is 58.3 Å². The molecule has 0 atom stereocenters. The predicted octanol–water partition coefficient (Wildman–Crippen LogP) is 2.42. The summed E-state index contributed by atoms with van der Waals surface area (Å²) in [5, 5.41) is 0. The maximum atomic E-state index is 12.7. The summed E-state index contributed by atoms with van der Waals surface area (Å²) in [5.74, 6) is -0.0963. The van der Waals surface area contributed by atoms with Gasteiger partial charge in [0.15, 0.2) is 0 Å². The van der Waals surface area contributed by atoms with Crippen molar-refractivity contribution in [1.82, 2.24) is 15.2 Å². The molecule has 0 spiro atoms. The monoisotopic (exact) mass is 463 g/mol. The average Bonchev–Trinajstić information content (AvgIpc) is 3.33. The topological polar surface area (TPSA) is 105 Å². The van der Waals surface area contributed by atoms with E-state index in [1.54, 1.807) is 0 Å². The first-order chi connectivity index (χ1) is 14.9. The van der Waals surface area contributed by atoms with Crippen LogP contribution in [0.4, 0.5) is 0 Å². The Labute approximate surface area is 186 Å². The number of amides is 2. The molecule has 8 nitrogen and oxygen atoms in total. The Bertz CT molecular complexity index is 1020. The lowest BCUT2D eigenvalue weighted by atomic mass is 10.2. The normalized spacial score (nSPS) is 14.2. The van der Waals surface area contributed by atoms with E-state index in [-0.39, 0.29) is 22.1 Å². The van der Waals surface area contributed by atoms with E-state index in [1.807, 2.05) is 31.2 Å². The highest BCUT2D eigenvalue weighted by molar-refractivity contribution is 8.00. The number of hydrogen-bond donors (Lipinski definition) is 2. The summed E-state index contributed by atoms with van der Waals surface area (Å²) >= 11 is 1.32. The first kappa shape index (κ1) is 23.1. The number of thioether (sulfide) groups is 1. The van der Waals surface area contributed by atoms with E-state index >= 15 is 0 Å². The second-order valence-corrected chi connectivity index (χ2v) is 9.82. The van der Waals surface area contributed by atoms with E-state index in [9.17, 15) is 18.0 Å². The van der Waals surface area contributed by atoms with Crippen LogP contribution in [0.3, 0.4) is 0 Å². The molecule has 2 N–H and O–H groups in total. The number of nitrogens with one attached hydrogen (secondary N) is 2. The molecule has 0 unspecified atom stereocenters. The third-order valence-corrected chi connectivity index (χ3v) is 7.53. The summed E-state index contributed by atoms with van der Waals surface area (Å²) in [6.45, 7) is 3.47. The number of benzene rings is 2. The van der Waals surface area contributed by atoms with E-state index < -0.39 is 15.9 Å². The van der Waals surface area contributed by atoms with Crippen LogP contribution in [0.25, 0.3) is 0 Å². The molecule has 0 aromatic heterocycles. The highest BCUT2D eigenvalue weighted by Gasteiger charge is 2.27. The lowest BCUT2D eigenvalue weighted by Gasteiger charge is -2.16. The number of carbonyl (C=O) groups excluding carboxylic acids is 2. The Morgan fingerprint density at radius 1 is 1.06 bits per heavy atom. The summed E-state index contributed by atoms with van der Waals surface area (Å²) < 4.78 is 32.1. The van der Waals surface area contributed by atoms with Gasteiger partial charge in [0.25, 0.3) is 5.91 Å². The Kier molecular flexibility index (Phi) is 7.94. The maximum Gasteiger partial charge on any atom is 0.269 e. The smallest absolute Gasteiger partial charge is 0.269 e. The van der Waals surface area contributed by atoms with Gasteiger partial charge in [-0.2, -0.15) is 4.31 Å². The van der Waals surface area contributed by atoms with Crippen molar-refractivity contribution >= 4 is 33.6 Å². The van der Waals surface area contributed by atoms with Crippen LogP contribution in [0.5, 0.6) is 5.75 Å². The summed E-state index contributed by atoms with van der Waals surface area (Å²) in [5.41, 5.74) is 4.83. The van der Waals surface area contributed by atoms with Crippen LogP contribution >= 0.6 is 11.8 Å². The van der Waals surface area contributed by atoms with Crippen molar-refractivity contribution in [2.75, 3.05) is 25.4 Å². The molecule has 166 valence electrons. The van der Waals surface area contributed by atoms with E-state index in [0.29, 0.717) is 19.7 Å². The lowest BCUT2D eigenvalue weighted by molar-refractivity contribution is -0.119. The Morgan fingerprint density at radius 2 is 1.77 bits per heavy atom. The second-order valence-electron chi connectivity index (χ2n) is 6.83. The van der Waals surface area contributed by atoms with E-state index in [2.05, 4.69) is 10.9 Å². The van der Waals surface area contributed by atoms with E-state index in [0.717, 1.165) is 23.5 Å². The number of sulfonamides is 1. The van der Waals surface area contributed by atoms with Gasteiger partial charge in [-0.1, -0.05) is 6.07 Å². The van der Waals surface area contributed by atoms with Crippen molar-refractivity contribution in [3.63, 3.8) is 0 Å². The summed E-state index contributed by atoms with van der Waals surface area (Å²) in [7, 11) is -3.62. The largest absolute Gasteiger partial charge is 0.494 e. The number of nitrogens with zero attached hydrogens (tertiary/aromatic N) is 1. The molecule has 2 aromatic carbocycles. The minimum atomic E-state index is -3.62. The van der Waals surface area contributed by atoms with Crippen molar-refractivity contribution in [2.24, 2.45) is 0 Å². The molecule has 0 radical (unpaired) electrons. The van der Waals surface area contributed by atoms with Gasteiger partial charge in [0, 0.05) is 23.5 Å². The first-order valence-electron chi connectivity index (χ1n) is 9.95. The zero-order valence-corrected chi connectivity index (χ0v) is 18.8. The number of rotatable bonds is 8. The molecular weight excluding hydrogens is 438 g/mol. The van der Waals surface area contributed by atoms with Gasteiger partial charge in [-0.15, -0.1) is 11.8 Å². The fourth-order valence-corrected chi connectivity index (χ4v) is 5.32. The molecule has 0 bridgehead atoms. The zero-order chi connectivity index (χ0) is 22.3. The number of ether oxygens (including phenoxy) is 1. The van der Waals surface area contributed by atoms with Gasteiger partial charge in [0.2, 0.25) is 15.9 Å². The summed E-state index contributed by atoms with van der Waals surface area (Å²) in [4.78, 5) is 25.4. The molecule has 1 aliphatic heterocycles. The zero-order valence-electron chi connectivity index (χ0n) is 17.2. The Hall–Kier alpha value is -2.56. The molecule has 1 fully saturated rings. The molecule has 10 heteroatoms. The van der Waals surface area contributed by atoms with Crippen molar-refractivity contribution in [2.45, 2.75) is 29.6 Å². The third kappa shape index (κ3) is 6.22. The predicted molar refractivity (Wildman–Crippen MR) is 118 cm³/mol. The van der Waals surface area contributed by atoms with Gasteiger partial charge in [-0.3, -0.25) is 20.4 Å². The molecule has 2 aromatic rings. The van der Waals surface area contributed by atoms with Crippen molar-refractivity contribution in [1.29, 1.82) is 0 Å². The van der Waals surface area contributed by atoms with Crippen LogP contribution in [0, 0.1) is 0 Å². The maximum absolute atomic E-state index is 12.7. The Balaban J connectivity index is 1.51.